The first-order chi connectivity index (χ1) is 9.49. The highest BCUT2D eigenvalue weighted by atomic mass is 35.5. The normalized spacial score (nSPS) is 15.8. The summed E-state index contributed by atoms with van der Waals surface area (Å²) in [6.07, 6.45) is 5.05. The molecule has 2 nitrogen and oxygen atoms in total. The van der Waals surface area contributed by atoms with Crippen LogP contribution in [0, 0.1) is 0 Å². The molecule has 1 aliphatic carbocycles. The Morgan fingerprint density at radius 3 is 2.50 bits per heavy atom. The lowest BCUT2D eigenvalue weighted by Crippen LogP contribution is -2.44. The Bertz CT molecular complexity index is 481. The van der Waals surface area contributed by atoms with Crippen molar-refractivity contribution in [2.24, 2.45) is 0 Å². The zero-order chi connectivity index (χ0) is 14.7. The number of benzene rings is 1. The smallest absolute Gasteiger partial charge is 0.227 e. The largest absolute Gasteiger partial charge is 0.337 e. The van der Waals surface area contributed by atoms with E-state index < -0.39 is 0 Å². The van der Waals surface area contributed by atoms with Crippen LogP contribution >= 0.6 is 23.2 Å². The summed E-state index contributed by atoms with van der Waals surface area (Å²) in [7, 11) is 0. The van der Waals surface area contributed by atoms with Crippen LogP contribution in [0.15, 0.2) is 18.2 Å². The van der Waals surface area contributed by atoms with Gasteiger partial charge in [-0.15, -0.1) is 0 Å². The Labute approximate surface area is 131 Å². The van der Waals surface area contributed by atoms with E-state index in [9.17, 15) is 4.79 Å². The fourth-order valence-corrected chi connectivity index (χ4v) is 3.49. The molecule has 20 heavy (non-hydrogen) atoms. The number of amides is 1. The van der Waals surface area contributed by atoms with E-state index in [4.69, 9.17) is 23.2 Å². The molecule has 1 aliphatic rings. The third kappa shape index (κ3) is 3.67. The molecule has 0 atom stereocenters. The third-order valence-corrected chi connectivity index (χ3v) is 4.51. The quantitative estimate of drug-likeness (QED) is 0.788. The molecule has 0 aliphatic heterocycles. The maximum Gasteiger partial charge on any atom is 0.227 e. The van der Waals surface area contributed by atoms with Crippen LogP contribution in [0.1, 0.15) is 45.1 Å². The predicted molar refractivity (Wildman–Crippen MR) is 84.4 cm³/mol. The van der Waals surface area contributed by atoms with E-state index >= 15 is 0 Å². The lowest BCUT2D eigenvalue weighted by Gasteiger charge is -2.33. The summed E-state index contributed by atoms with van der Waals surface area (Å²) in [5, 5.41) is 1.17. The summed E-state index contributed by atoms with van der Waals surface area (Å²) in [5.41, 5.74) is 0.852. The molecule has 0 N–H and O–H groups in total. The molecule has 1 amide bonds. The molecule has 1 aromatic rings. The minimum Gasteiger partial charge on any atom is -0.337 e. The van der Waals surface area contributed by atoms with Gasteiger partial charge in [-0.3, -0.25) is 4.79 Å². The Kier molecular flexibility index (Phi) is 5.34. The Balaban J connectivity index is 2.11. The summed E-state index contributed by atoms with van der Waals surface area (Å²) in [6, 6.07) is 5.95. The van der Waals surface area contributed by atoms with Crippen molar-refractivity contribution in [2.75, 3.05) is 0 Å². The average molecular weight is 314 g/mol. The molecule has 1 aromatic carbocycles. The van der Waals surface area contributed by atoms with Crippen LogP contribution in [0.5, 0.6) is 0 Å². The topological polar surface area (TPSA) is 20.3 Å². The maximum atomic E-state index is 12.6. The number of rotatable bonds is 4. The van der Waals surface area contributed by atoms with Gasteiger partial charge in [0, 0.05) is 22.1 Å². The minimum absolute atomic E-state index is 0.163. The highest BCUT2D eigenvalue weighted by Gasteiger charge is 2.28. The van der Waals surface area contributed by atoms with Crippen molar-refractivity contribution in [3.05, 3.63) is 33.8 Å². The molecule has 2 rings (SSSR count). The molecular weight excluding hydrogens is 293 g/mol. The second-order valence-corrected chi connectivity index (χ2v) is 6.59. The predicted octanol–water partition coefficient (Wildman–Crippen LogP) is 4.72. The van der Waals surface area contributed by atoms with E-state index in [1.165, 1.54) is 12.8 Å². The highest BCUT2D eigenvalue weighted by Crippen LogP contribution is 2.27. The van der Waals surface area contributed by atoms with Crippen LogP contribution in [0.4, 0.5) is 0 Å². The fourth-order valence-electron chi connectivity index (χ4n) is 3.01. The van der Waals surface area contributed by atoms with Crippen molar-refractivity contribution >= 4 is 29.1 Å². The van der Waals surface area contributed by atoms with E-state index in [2.05, 4.69) is 13.8 Å². The molecule has 0 heterocycles. The molecule has 0 spiro atoms. The van der Waals surface area contributed by atoms with Gasteiger partial charge in [0.25, 0.3) is 0 Å². The molecular formula is C16H21Cl2NO. The minimum atomic E-state index is 0.163. The zero-order valence-corrected chi connectivity index (χ0v) is 13.5. The molecule has 1 fully saturated rings. The van der Waals surface area contributed by atoms with Gasteiger partial charge in [0.1, 0.15) is 0 Å². The summed E-state index contributed by atoms with van der Waals surface area (Å²) < 4.78 is 0. The zero-order valence-electron chi connectivity index (χ0n) is 12.0. The summed E-state index contributed by atoms with van der Waals surface area (Å²) in [4.78, 5) is 14.7. The number of hydrogen-bond acceptors (Lipinski definition) is 1. The number of halogens is 2. The van der Waals surface area contributed by atoms with Gasteiger partial charge in [0.15, 0.2) is 0 Å². The van der Waals surface area contributed by atoms with Gasteiger partial charge in [-0.1, -0.05) is 42.1 Å². The monoisotopic (exact) mass is 313 g/mol. The highest BCUT2D eigenvalue weighted by molar-refractivity contribution is 6.35. The number of carbonyl (C=O) groups is 1. The van der Waals surface area contributed by atoms with Gasteiger partial charge < -0.3 is 4.90 Å². The fraction of sp³-hybridized carbons (Fsp3) is 0.562. The molecule has 110 valence electrons. The molecule has 0 radical (unpaired) electrons. The molecule has 0 unspecified atom stereocenters. The van der Waals surface area contributed by atoms with Crippen molar-refractivity contribution in [1.82, 2.24) is 4.90 Å². The van der Waals surface area contributed by atoms with Gasteiger partial charge in [0.05, 0.1) is 6.42 Å². The lowest BCUT2D eigenvalue weighted by molar-refractivity contribution is -0.134. The Hall–Kier alpha value is -0.730. The lowest BCUT2D eigenvalue weighted by atomic mass is 10.1. The average Bonchev–Trinajstić information content (AvgIpc) is 2.86. The van der Waals surface area contributed by atoms with Gasteiger partial charge >= 0.3 is 0 Å². The van der Waals surface area contributed by atoms with E-state index in [1.807, 2.05) is 11.0 Å². The second kappa shape index (κ2) is 6.82. The SMILES string of the molecule is CC(C)N(C(=O)Cc1ccc(Cl)cc1Cl)C1CCCC1. The van der Waals surface area contributed by atoms with Crippen LogP contribution in [0.25, 0.3) is 0 Å². The standard InChI is InChI=1S/C16H21Cl2NO/c1-11(2)19(14-5-3-4-6-14)16(20)9-12-7-8-13(17)10-15(12)18/h7-8,10-11,14H,3-6,9H2,1-2H3. The third-order valence-electron chi connectivity index (χ3n) is 3.92. The molecule has 0 bridgehead atoms. The van der Waals surface area contributed by atoms with Crippen LogP contribution in [-0.2, 0) is 11.2 Å². The Morgan fingerprint density at radius 1 is 1.30 bits per heavy atom. The Morgan fingerprint density at radius 2 is 1.95 bits per heavy atom. The van der Waals surface area contributed by atoms with E-state index in [0.717, 1.165) is 18.4 Å². The van der Waals surface area contributed by atoms with Crippen LogP contribution in [0.3, 0.4) is 0 Å². The van der Waals surface area contributed by atoms with E-state index in [1.54, 1.807) is 12.1 Å². The van der Waals surface area contributed by atoms with E-state index in [-0.39, 0.29) is 11.9 Å². The summed E-state index contributed by atoms with van der Waals surface area (Å²) in [6.45, 7) is 4.17. The molecule has 0 aromatic heterocycles. The summed E-state index contributed by atoms with van der Waals surface area (Å²) >= 11 is 12.1. The van der Waals surface area contributed by atoms with Crippen LogP contribution in [-0.4, -0.2) is 22.9 Å². The number of carbonyl (C=O) groups excluding carboxylic acids is 1. The van der Waals surface area contributed by atoms with Gasteiger partial charge in [-0.2, -0.15) is 0 Å². The van der Waals surface area contributed by atoms with Gasteiger partial charge in [-0.05, 0) is 44.4 Å². The summed E-state index contributed by atoms with van der Waals surface area (Å²) in [5.74, 6) is 0.163. The van der Waals surface area contributed by atoms with Crippen molar-refractivity contribution in [1.29, 1.82) is 0 Å². The number of nitrogens with zero attached hydrogens (tertiary/aromatic N) is 1. The van der Waals surface area contributed by atoms with Gasteiger partial charge in [0.2, 0.25) is 5.91 Å². The second-order valence-electron chi connectivity index (χ2n) is 5.75. The molecule has 0 saturated heterocycles. The van der Waals surface area contributed by atoms with Crippen molar-refractivity contribution < 1.29 is 4.79 Å². The van der Waals surface area contributed by atoms with Crippen molar-refractivity contribution in [3.63, 3.8) is 0 Å². The van der Waals surface area contributed by atoms with Crippen molar-refractivity contribution in [2.45, 2.75) is 58.0 Å². The first kappa shape index (κ1) is 15.7. The van der Waals surface area contributed by atoms with Crippen LogP contribution in [0.2, 0.25) is 10.0 Å². The molecule has 4 heteroatoms. The van der Waals surface area contributed by atoms with Crippen molar-refractivity contribution in [3.8, 4) is 0 Å². The first-order valence-electron chi connectivity index (χ1n) is 7.24. The first-order valence-corrected chi connectivity index (χ1v) is 7.99. The molecule has 1 saturated carbocycles. The maximum absolute atomic E-state index is 12.6. The number of hydrogen-bond donors (Lipinski definition) is 0. The van der Waals surface area contributed by atoms with Crippen LogP contribution < -0.4 is 0 Å². The van der Waals surface area contributed by atoms with Gasteiger partial charge in [-0.25, -0.2) is 0 Å². The van der Waals surface area contributed by atoms with E-state index in [0.29, 0.717) is 22.5 Å².